The SMILES string of the molecule is CC1CCC(OC(=O)CS(=O)Cc2ccc(C(=O)O)cc2)CC1. The fourth-order valence-corrected chi connectivity index (χ4v) is 3.68. The summed E-state index contributed by atoms with van der Waals surface area (Å²) in [7, 11) is -1.35. The lowest BCUT2D eigenvalue weighted by Gasteiger charge is -2.25. The number of hydrogen-bond donors (Lipinski definition) is 1. The van der Waals surface area contributed by atoms with Crippen LogP contribution in [0.3, 0.4) is 0 Å². The molecule has 1 aromatic carbocycles. The van der Waals surface area contributed by atoms with E-state index in [4.69, 9.17) is 9.84 Å². The zero-order valence-electron chi connectivity index (χ0n) is 13.2. The smallest absolute Gasteiger partial charge is 0.335 e. The number of carbonyl (C=O) groups is 2. The lowest BCUT2D eigenvalue weighted by atomic mass is 9.89. The summed E-state index contributed by atoms with van der Waals surface area (Å²) in [5, 5.41) is 8.83. The average Bonchev–Trinajstić information content (AvgIpc) is 2.50. The van der Waals surface area contributed by atoms with Crippen LogP contribution < -0.4 is 0 Å². The van der Waals surface area contributed by atoms with Gasteiger partial charge in [-0.1, -0.05) is 19.1 Å². The molecule has 2 rings (SSSR count). The molecule has 0 aliphatic heterocycles. The van der Waals surface area contributed by atoms with E-state index < -0.39 is 22.7 Å². The van der Waals surface area contributed by atoms with Crippen molar-refractivity contribution in [2.45, 2.75) is 44.5 Å². The molecule has 0 amide bonds. The minimum atomic E-state index is -1.35. The fraction of sp³-hybridized carbons (Fsp3) is 0.529. The van der Waals surface area contributed by atoms with Crippen LogP contribution in [0.5, 0.6) is 0 Å². The number of carbonyl (C=O) groups excluding carboxylic acids is 1. The highest BCUT2D eigenvalue weighted by Gasteiger charge is 2.22. The van der Waals surface area contributed by atoms with Gasteiger partial charge in [0, 0.05) is 16.6 Å². The van der Waals surface area contributed by atoms with Gasteiger partial charge in [-0.15, -0.1) is 0 Å². The normalized spacial score (nSPS) is 22.3. The molecule has 23 heavy (non-hydrogen) atoms. The van der Waals surface area contributed by atoms with Gasteiger partial charge in [0.15, 0.2) is 0 Å². The van der Waals surface area contributed by atoms with E-state index in [1.165, 1.54) is 12.1 Å². The maximum absolute atomic E-state index is 12.0. The van der Waals surface area contributed by atoms with Crippen LogP contribution >= 0.6 is 0 Å². The predicted molar refractivity (Wildman–Crippen MR) is 87.6 cm³/mol. The molecular weight excluding hydrogens is 316 g/mol. The molecule has 1 fully saturated rings. The van der Waals surface area contributed by atoms with Crippen LogP contribution in [0.15, 0.2) is 24.3 Å². The van der Waals surface area contributed by atoms with E-state index in [0.29, 0.717) is 5.92 Å². The molecule has 0 heterocycles. The summed E-state index contributed by atoms with van der Waals surface area (Å²) >= 11 is 0. The van der Waals surface area contributed by atoms with Crippen LogP contribution in [0.25, 0.3) is 0 Å². The van der Waals surface area contributed by atoms with Crippen LogP contribution in [0, 0.1) is 5.92 Å². The maximum Gasteiger partial charge on any atom is 0.335 e. The molecule has 6 heteroatoms. The Morgan fingerprint density at radius 3 is 2.35 bits per heavy atom. The molecule has 1 unspecified atom stereocenters. The van der Waals surface area contributed by atoms with Gasteiger partial charge in [-0.2, -0.15) is 0 Å². The van der Waals surface area contributed by atoms with Crippen LogP contribution in [0.1, 0.15) is 48.5 Å². The van der Waals surface area contributed by atoms with E-state index in [1.54, 1.807) is 12.1 Å². The van der Waals surface area contributed by atoms with Gasteiger partial charge in [0.2, 0.25) is 0 Å². The van der Waals surface area contributed by atoms with Gasteiger partial charge in [0.05, 0.1) is 5.56 Å². The number of esters is 1. The van der Waals surface area contributed by atoms with E-state index in [2.05, 4.69) is 6.92 Å². The first-order valence-electron chi connectivity index (χ1n) is 7.80. The molecule has 0 spiro atoms. The molecule has 1 aliphatic carbocycles. The molecule has 1 N–H and O–H groups in total. The van der Waals surface area contributed by atoms with Gasteiger partial charge < -0.3 is 9.84 Å². The van der Waals surface area contributed by atoms with Crippen molar-refractivity contribution in [1.29, 1.82) is 0 Å². The molecule has 0 saturated heterocycles. The summed E-state index contributed by atoms with van der Waals surface area (Å²) < 4.78 is 17.4. The summed E-state index contributed by atoms with van der Waals surface area (Å²) in [5.74, 6) is -0.621. The Bertz CT molecular complexity index is 573. The van der Waals surface area contributed by atoms with Gasteiger partial charge in [-0.25, -0.2) is 4.79 Å². The van der Waals surface area contributed by atoms with E-state index in [0.717, 1.165) is 31.2 Å². The average molecular weight is 338 g/mol. The Hall–Kier alpha value is -1.69. The third-order valence-corrected chi connectivity index (χ3v) is 5.28. The topological polar surface area (TPSA) is 80.7 Å². The molecule has 0 bridgehead atoms. The standard InChI is InChI=1S/C17H22O5S/c1-12-2-8-15(9-3-12)22-16(18)11-23(21)10-13-4-6-14(7-5-13)17(19)20/h4-7,12,15H,2-3,8-11H2,1H3,(H,19,20). The number of carboxylic acid groups (broad SMARTS) is 1. The van der Waals surface area contributed by atoms with Crippen LogP contribution in [0.4, 0.5) is 0 Å². The van der Waals surface area contributed by atoms with E-state index >= 15 is 0 Å². The van der Waals surface area contributed by atoms with Crippen molar-refractivity contribution in [3.05, 3.63) is 35.4 Å². The lowest BCUT2D eigenvalue weighted by Crippen LogP contribution is -2.26. The van der Waals surface area contributed by atoms with Gasteiger partial charge >= 0.3 is 11.9 Å². The fourth-order valence-electron chi connectivity index (χ4n) is 2.68. The van der Waals surface area contributed by atoms with E-state index in [1.807, 2.05) is 0 Å². The van der Waals surface area contributed by atoms with Crippen molar-refractivity contribution in [3.63, 3.8) is 0 Å². The summed E-state index contributed by atoms with van der Waals surface area (Å²) in [6.45, 7) is 2.20. The van der Waals surface area contributed by atoms with E-state index in [-0.39, 0.29) is 23.2 Å². The Kier molecular flexibility index (Phi) is 6.33. The van der Waals surface area contributed by atoms with Crippen molar-refractivity contribution >= 4 is 22.7 Å². The van der Waals surface area contributed by atoms with Crippen molar-refractivity contribution in [3.8, 4) is 0 Å². The first-order valence-corrected chi connectivity index (χ1v) is 9.29. The largest absolute Gasteiger partial charge is 0.478 e. The molecular formula is C17H22O5S. The van der Waals surface area contributed by atoms with Crippen LogP contribution in [0.2, 0.25) is 0 Å². The number of carboxylic acids is 1. The molecule has 0 radical (unpaired) electrons. The van der Waals surface area contributed by atoms with Crippen LogP contribution in [-0.4, -0.2) is 33.1 Å². The predicted octanol–water partition coefficient (Wildman–Crippen LogP) is 2.76. The third kappa shape index (κ3) is 5.78. The van der Waals surface area contributed by atoms with Gasteiger partial charge in [-0.3, -0.25) is 9.00 Å². The second kappa shape index (κ2) is 8.24. The minimum absolute atomic E-state index is 0.0365. The third-order valence-electron chi connectivity index (χ3n) is 4.07. The Labute approximate surface area is 138 Å². The highest BCUT2D eigenvalue weighted by molar-refractivity contribution is 7.84. The zero-order chi connectivity index (χ0) is 16.8. The molecule has 5 nitrogen and oxygen atoms in total. The minimum Gasteiger partial charge on any atom is -0.478 e. The van der Waals surface area contributed by atoms with Crippen molar-refractivity contribution < 1.29 is 23.6 Å². The number of aromatic carboxylic acids is 1. The summed E-state index contributed by atoms with van der Waals surface area (Å²) in [6.07, 6.45) is 3.87. The highest BCUT2D eigenvalue weighted by atomic mass is 32.2. The van der Waals surface area contributed by atoms with Crippen molar-refractivity contribution in [2.75, 3.05) is 5.75 Å². The first kappa shape index (κ1) is 17.7. The maximum atomic E-state index is 12.0. The van der Waals surface area contributed by atoms with Crippen molar-refractivity contribution in [2.24, 2.45) is 5.92 Å². The summed E-state index contributed by atoms with van der Waals surface area (Å²) in [6, 6.07) is 6.18. The zero-order valence-corrected chi connectivity index (χ0v) is 14.0. The lowest BCUT2D eigenvalue weighted by molar-refractivity contribution is -0.147. The summed E-state index contributed by atoms with van der Waals surface area (Å²) in [4.78, 5) is 22.6. The molecule has 126 valence electrons. The van der Waals surface area contributed by atoms with Crippen molar-refractivity contribution in [1.82, 2.24) is 0 Å². The molecule has 1 aliphatic rings. The molecule has 1 aromatic rings. The van der Waals surface area contributed by atoms with Gasteiger partial charge in [0.1, 0.15) is 11.9 Å². The van der Waals surface area contributed by atoms with Gasteiger partial charge in [0.25, 0.3) is 0 Å². The van der Waals surface area contributed by atoms with Crippen LogP contribution in [-0.2, 0) is 26.1 Å². The van der Waals surface area contributed by atoms with Gasteiger partial charge in [-0.05, 0) is 49.3 Å². The number of benzene rings is 1. The molecule has 0 aromatic heterocycles. The number of ether oxygens (including phenoxy) is 1. The first-order chi connectivity index (χ1) is 10.9. The summed E-state index contributed by atoms with van der Waals surface area (Å²) in [5.41, 5.74) is 0.929. The van der Waals surface area contributed by atoms with E-state index in [9.17, 15) is 13.8 Å². The Balaban J connectivity index is 1.77. The quantitative estimate of drug-likeness (QED) is 0.807. The Morgan fingerprint density at radius 2 is 1.78 bits per heavy atom. The number of rotatable bonds is 6. The highest BCUT2D eigenvalue weighted by Crippen LogP contribution is 2.25. The molecule has 1 atom stereocenters. The monoisotopic (exact) mass is 338 g/mol. The molecule has 1 saturated carbocycles. The second-order valence-corrected chi connectivity index (χ2v) is 7.56. The Morgan fingerprint density at radius 1 is 1.17 bits per heavy atom. The number of hydrogen-bond acceptors (Lipinski definition) is 4. The second-order valence-electron chi connectivity index (χ2n) is 6.10.